The van der Waals surface area contributed by atoms with E-state index in [0.29, 0.717) is 17.9 Å². The van der Waals surface area contributed by atoms with Crippen LogP contribution in [0.2, 0.25) is 0 Å². The van der Waals surface area contributed by atoms with E-state index in [1.54, 1.807) is 42.2 Å². The average Bonchev–Trinajstić information content (AvgIpc) is 3.04. The lowest BCUT2D eigenvalue weighted by Gasteiger charge is -2.02. The van der Waals surface area contributed by atoms with Crippen LogP contribution in [0.3, 0.4) is 0 Å². The van der Waals surface area contributed by atoms with E-state index in [4.69, 9.17) is 4.74 Å². The van der Waals surface area contributed by atoms with Crippen molar-refractivity contribution in [2.24, 2.45) is 0 Å². The first-order chi connectivity index (χ1) is 12.0. The van der Waals surface area contributed by atoms with Crippen molar-refractivity contribution in [1.82, 2.24) is 0 Å². The summed E-state index contributed by atoms with van der Waals surface area (Å²) in [6, 6.07) is 10.4. The predicted octanol–water partition coefficient (Wildman–Crippen LogP) is 5.04. The quantitative estimate of drug-likeness (QED) is 0.161. The molecule has 130 valence electrons. The summed E-state index contributed by atoms with van der Waals surface area (Å²) in [5.74, 6) is 0.323. The fourth-order valence-electron chi connectivity index (χ4n) is 1.79. The van der Waals surface area contributed by atoms with E-state index in [9.17, 15) is 14.9 Å². The monoisotopic (exact) mass is 375 g/mol. The Morgan fingerprint density at radius 2 is 2.00 bits per heavy atom. The van der Waals surface area contributed by atoms with Gasteiger partial charge in [0.15, 0.2) is 0 Å². The van der Waals surface area contributed by atoms with Crippen LogP contribution in [-0.4, -0.2) is 23.3 Å². The van der Waals surface area contributed by atoms with Crippen LogP contribution in [0.1, 0.15) is 17.4 Å². The van der Waals surface area contributed by atoms with E-state index in [2.05, 4.69) is 6.58 Å². The van der Waals surface area contributed by atoms with Crippen LogP contribution in [0, 0.1) is 10.1 Å². The first-order valence-electron chi connectivity index (χ1n) is 7.43. The Bertz CT molecular complexity index is 794. The summed E-state index contributed by atoms with van der Waals surface area (Å²) in [6.45, 7) is 5.51. The second-order valence-corrected chi connectivity index (χ2v) is 7.61. The van der Waals surface area contributed by atoms with E-state index in [1.807, 2.05) is 24.3 Å². The number of rotatable bonds is 8. The van der Waals surface area contributed by atoms with Gasteiger partial charge in [-0.2, -0.15) is 0 Å². The zero-order valence-electron chi connectivity index (χ0n) is 13.6. The van der Waals surface area contributed by atoms with Crippen molar-refractivity contribution >= 4 is 46.9 Å². The molecule has 2 rings (SSSR count). The number of thiophene rings is 1. The lowest BCUT2D eigenvalue weighted by molar-refractivity contribution is -0.384. The maximum Gasteiger partial charge on any atom is 0.333 e. The third-order valence-electron chi connectivity index (χ3n) is 3.06. The summed E-state index contributed by atoms with van der Waals surface area (Å²) in [4.78, 5) is 22.6. The van der Waals surface area contributed by atoms with Crippen molar-refractivity contribution in [2.75, 3.05) is 12.4 Å². The summed E-state index contributed by atoms with van der Waals surface area (Å²) < 4.78 is 6.18. The molecule has 0 radical (unpaired) electrons. The van der Waals surface area contributed by atoms with Crippen molar-refractivity contribution in [3.63, 3.8) is 0 Å². The smallest absolute Gasteiger partial charge is 0.333 e. The molecule has 0 amide bonds. The fourth-order valence-corrected chi connectivity index (χ4v) is 3.73. The Balaban J connectivity index is 1.83. The van der Waals surface area contributed by atoms with Gasteiger partial charge in [0.25, 0.3) is 5.69 Å². The zero-order valence-corrected chi connectivity index (χ0v) is 15.3. The molecule has 0 spiro atoms. The highest BCUT2D eigenvalue weighted by Gasteiger charge is 2.04. The van der Waals surface area contributed by atoms with Gasteiger partial charge in [-0.05, 0) is 42.8 Å². The Morgan fingerprint density at radius 3 is 2.64 bits per heavy atom. The van der Waals surface area contributed by atoms with Crippen molar-refractivity contribution in [3.05, 3.63) is 69.1 Å². The van der Waals surface area contributed by atoms with Gasteiger partial charge in [0, 0.05) is 28.3 Å². The summed E-state index contributed by atoms with van der Waals surface area (Å²) in [5.41, 5.74) is 1.39. The lowest BCUT2D eigenvalue weighted by Crippen LogP contribution is -2.07. The number of esters is 1. The van der Waals surface area contributed by atoms with Crippen LogP contribution in [0.15, 0.2) is 52.8 Å². The average molecular weight is 375 g/mol. The number of carbonyl (C=O) groups excluding carboxylic acids is 1. The maximum absolute atomic E-state index is 11.3. The van der Waals surface area contributed by atoms with E-state index in [0.717, 1.165) is 14.6 Å². The largest absolute Gasteiger partial charge is 0.461 e. The number of benzene rings is 1. The molecule has 0 atom stereocenters. The second-order valence-electron chi connectivity index (χ2n) is 5.10. The number of ether oxygens (including phenoxy) is 1. The molecular weight excluding hydrogens is 358 g/mol. The van der Waals surface area contributed by atoms with Crippen molar-refractivity contribution in [2.45, 2.75) is 11.1 Å². The number of nitrogens with zero attached hydrogens (tertiary/aromatic N) is 1. The third-order valence-corrected chi connectivity index (χ3v) is 5.30. The van der Waals surface area contributed by atoms with E-state index < -0.39 is 4.92 Å². The maximum atomic E-state index is 11.3. The fraction of sp³-hybridized carbons (Fsp3) is 0.167. The number of hydrogen-bond donors (Lipinski definition) is 0. The standard InChI is InChI=1S/C18H17NO4S2/c1-13(2)18(20)23-11-12-24-17-10-9-16(25-17)8-5-14-3-6-15(7-4-14)19(21)22/h3-10H,1,11-12H2,2H3/b8-5+. The lowest BCUT2D eigenvalue weighted by atomic mass is 10.2. The number of thioether (sulfide) groups is 1. The van der Waals surface area contributed by atoms with Crippen LogP contribution in [0.5, 0.6) is 0 Å². The molecule has 25 heavy (non-hydrogen) atoms. The van der Waals surface area contributed by atoms with Gasteiger partial charge in [-0.3, -0.25) is 10.1 Å². The highest BCUT2D eigenvalue weighted by molar-refractivity contribution is 8.01. The van der Waals surface area contributed by atoms with Crippen molar-refractivity contribution in [1.29, 1.82) is 0 Å². The SMILES string of the molecule is C=C(C)C(=O)OCCSc1ccc(/C=C/c2ccc([N+](=O)[O-])cc2)s1. The summed E-state index contributed by atoms with van der Waals surface area (Å²) in [7, 11) is 0. The first-order valence-corrected chi connectivity index (χ1v) is 9.24. The van der Waals surface area contributed by atoms with Crippen LogP contribution in [0.4, 0.5) is 5.69 Å². The minimum absolute atomic E-state index is 0.0827. The normalized spacial score (nSPS) is 10.8. The van der Waals surface area contributed by atoms with E-state index in [-0.39, 0.29) is 11.7 Å². The van der Waals surface area contributed by atoms with Gasteiger partial charge in [-0.1, -0.05) is 12.7 Å². The molecule has 7 heteroatoms. The highest BCUT2D eigenvalue weighted by Crippen LogP contribution is 2.28. The number of nitro groups is 1. The van der Waals surface area contributed by atoms with Gasteiger partial charge in [0.05, 0.1) is 9.13 Å². The summed E-state index contributed by atoms with van der Waals surface area (Å²) in [5, 5.41) is 10.6. The summed E-state index contributed by atoms with van der Waals surface area (Å²) >= 11 is 3.26. The molecule has 0 aliphatic carbocycles. The Kier molecular flexibility index (Phi) is 6.97. The van der Waals surface area contributed by atoms with E-state index in [1.165, 1.54) is 12.1 Å². The minimum atomic E-state index is -0.413. The minimum Gasteiger partial charge on any atom is -0.461 e. The predicted molar refractivity (Wildman–Crippen MR) is 103 cm³/mol. The van der Waals surface area contributed by atoms with Crippen LogP contribution in [0.25, 0.3) is 12.2 Å². The van der Waals surface area contributed by atoms with Gasteiger partial charge in [-0.15, -0.1) is 23.1 Å². The van der Waals surface area contributed by atoms with Gasteiger partial charge in [0.1, 0.15) is 6.61 Å². The Morgan fingerprint density at radius 1 is 1.28 bits per heavy atom. The molecule has 0 saturated heterocycles. The molecule has 0 saturated carbocycles. The molecule has 2 aromatic rings. The second kappa shape index (κ2) is 9.19. The first kappa shape index (κ1) is 19.0. The Hall–Kier alpha value is -2.38. The molecule has 0 bridgehead atoms. The van der Waals surface area contributed by atoms with Crippen LogP contribution in [-0.2, 0) is 9.53 Å². The molecular formula is C18H17NO4S2. The van der Waals surface area contributed by atoms with E-state index >= 15 is 0 Å². The molecule has 1 aromatic carbocycles. The number of nitro benzene ring substituents is 1. The molecule has 5 nitrogen and oxygen atoms in total. The van der Waals surface area contributed by atoms with Crippen molar-refractivity contribution < 1.29 is 14.5 Å². The topological polar surface area (TPSA) is 69.4 Å². The zero-order chi connectivity index (χ0) is 18.2. The van der Waals surface area contributed by atoms with Gasteiger partial charge >= 0.3 is 5.97 Å². The third kappa shape index (κ3) is 6.21. The van der Waals surface area contributed by atoms with Gasteiger partial charge in [-0.25, -0.2) is 4.79 Å². The molecule has 0 unspecified atom stereocenters. The highest BCUT2D eigenvalue weighted by atomic mass is 32.2. The van der Waals surface area contributed by atoms with Gasteiger partial charge in [0.2, 0.25) is 0 Å². The molecule has 1 aromatic heterocycles. The van der Waals surface area contributed by atoms with Gasteiger partial charge < -0.3 is 4.74 Å². The van der Waals surface area contributed by atoms with Crippen molar-refractivity contribution in [3.8, 4) is 0 Å². The summed E-state index contributed by atoms with van der Waals surface area (Å²) in [6.07, 6.45) is 3.88. The number of hydrogen-bond acceptors (Lipinski definition) is 6. The molecule has 0 N–H and O–H groups in total. The molecule has 0 aliphatic heterocycles. The molecule has 0 fully saturated rings. The molecule has 0 aliphatic rings. The van der Waals surface area contributed by atoms with Crippen LogP contribution < -0.4 is 0 Å². The number of carbonyl (C=O) groups is 1. The number of non-ortho nitro benzene ring substituents is 1. The molecule has 1 heterocycles. The van der Waals surface area contributed by atoms with Crippen LogP contribution >= 0.6 is 23.1 Å². The Labute approximate surface area is 154 Å².